The summed E-state index contributed by atoms with van der Waals surface area (Å²) in [6.07, 6.45) is -1.60. The van der Waals surface area contributed by atoms with E-state index in [4.69, 9.17) is 5.11 Å². The summed E-state index contributed by atoms with van der Waals surface area (Å²) >= 11 is 0. The van der Waals surface area contributed by atoms with Crippen LogP contribution in [0.4, 0.5) is 0 Å². The average molecular weight is 153 g/mol. The number of nitrogens with zero attached hydrogens (tertiary/aromatic N) is 1. The Kier molecular flexibility index (Phi) is 2.18. The molecule has 0 radical (unpaired) electrons. The van der Waals surface area contributed by atoms with Crippen LogP contribution in [0.2, 0.25) is 0 Å². The standard InChI is InChI=1S/C7H7NO3/c9-7(8(10)11)6-4-2-1-3-5-6/h1-5,7,9H. The number of rotatable bonds is 2. The molecule has 0 spiro atoms. The van der Waals surface area contributed by atoms with Gasteiger partial charge in [-0.1, -0.05) is 18.2 Å². The maximum atomic E-state index is 10.1. The number of benzene rings is 1. The lowest BCUT2D eigenvalue weighted by molar-refractivity contribution is -0.578. The van der Waals surface area contributed by atoms with Crippen LogP contribution in [-0.4, -0.2) is 10.0 Å². The van der Waals surface area contributed by atoms with Crippen LogP contribution >= 0.6 is 0 Å². The van der Waals surface area contributed by atoms with Gasteiger partial charge in [0, 0.05) is 0 Å². The molecule has 0 fully saturated rings. The van der Waals surface area contributed by atoms with Crippen molar-refractivity contribution in [1.82, 2.24) is 0 Å². The highest BCUT2D eigenvalue weighted by atomic mass is 16.7. The molecule has 1 atom stereocenters. The second kappa shape index (κ2) is 3.12. The fourth-order valence-electron chi connectivity index (χ4n) is 0.747. The summed E-state index contributed by atoms with van der Waals surface area (Å²) in [6.45, 7) is 0. The molecule has 0 aliphatic carbocycles. The molecule has 11 heavy (non-hydrogen) atoms. The van der Waals surface area contributed by atoms with Crippen molar-refractivity contribution in [2.24, 2.45) is 0 Å². The minimum Gasteiger partial charge on any atom is -0.329 e. The maximum Gasteiger partial charge on any atom is 0.339 e. The summed E-state index contributed by atoms with van der Waals surface area (Å²) in [5.41, 5.74) is 0.303. The van der Waals surface area contributed by atoms with E-state index in [1.54, 1.807) is 18.2 Å². The molecule has 0 aliphatic rings. The first-order valence-electron chi connectivity index (χ1n) is 3.08. The van der Waals surface area contributed by atoms with E-state index in [0.717, 1.165) is 0 Å². The lowest BCUT2D eigenvalue weighted by Gasteiger charge is -2.00. The predicted octanol–water partition coefficient (Wildman–Crippen LogP) is 0.954. The van der Waals surface area contributed by atoms with Crippen LogP contribution in [-0.2, 0) is 0 Å². The van der Waals surface area contributed by atoms with Crippen molar-refractivity contribution in [2.45, 2.75) is 6.23 Å². The van der Waals surface area contributed by atoms with E-state index in [1.165, 1.54) is 12.1 Å². The van der Waals surface area contributed by atoms with Crippen LogP contribution in [0.25, 0.3) is 0 Å². The summed E-state index contributed by atoms with van der Waals surface area (Å²) in [6, 6.07) is 8.03. The number of nitro groups is 1. The van der Waals surface area contributed by atoms with Gasteiger partial charge in [0.2, 0.25) is 0 Å². The minimum atomic E-state index is -1.60. The number of hydrogen-bond acceptors (Lipinski definition) is 3. The fourth-order valence-corrected chi connectivity index (χ4v) is 0.747. The molecule has 1 aromatic carbocycles. The van der Waals surface area contributed by atoms with Gasteiger partial charge in [0.05, 0.1) is 10.5 Å². The second-order valence-corrected chi connectivity index (χ2v) is 2.07. The van der Waals surface area contributed by atoms with Crippen molar-refractivity contribution in [2.75, 3.05) is 0 Å². The highest BCUT2D eigenvalue weighted by Gasteiger charge is 2.16. The van der Waals surface area contributed by atoms with Gasteiger partial charge >= 0.3 is 6.23 Å². The van der Waals surface area contributed by atoms with E-state index in [2.05, 4.69) is 0 Å². The third-order valence-electron chi connectivity index (χ3n) is 1.30. The van der Waals surface area contributed by atoms with E-state index < -0.39 is 11.2 Å². The van der Waals surface area contributed by atoms with Gasteiger partial charge in [-0.15, -0.1) is 0 Å². The van der Waals surface area contributed by atoms with Crippen LogP contribution in [0, 0.1) is 10.1 Å². The lowest BCUT2D eigenvalue weighted by atomic mass is 10.2. The summed E-state index contributed by atoms with van der Waals surface area (Å²) in [5.74, 6) is 0. The summed E-state index contributed by atoms with van der Waals surface area (Å²) < 4.78 is 0. The number of aliphatic hydroxyl groups is 1. The first-order valence-corrected chi connectivity index (χ1v) is 3.08. The van der Waals surface area contributed by atoms with Crippen LogP contribution in [0.3, 0.4) is 0 Å². The lowest BCUT2D eigenvalue weighted by Crippen LogP contribution is -2.08. The van der Waals surface area contributed by atoms with E-state index in [9.17, 15) is 10.1 Å². The zero-order chi connectivity index (χ0) is 8.27. The SMILES string of the molecule is O=[N+]([O-])C(O)c1ccccc1. The molecular formula is C7H7NO3. The number of aliphatic hydroxyl groups excluding tert-OH is 1. The Morgan fingerprint density at radius 1 is 1.36 bits per heavy atom. The summed E-state index contributed by atoms with van der Waals surface area (Å²) in [5, 5.41) is 19.0. The molecule has 4 heteroatoms. The zero-order valence-corrected chi connectivity index (χ0v) is 5.68. The van der Waals surface area contributed by atoms with Crippen LogP contribution < -0.4 is 0 Å². The largest absolute Gasteiger partial charge is 0.339 e. The van der Waals surface area contributed by atoms with Crippen molar-refractivity contribution in [1.29, 1.82) is 0 Å². The van der Waals surface area contributed by atoms with Gasteiger partial charge in [0.15, 0.2) is 0 Å². The van der Waals surface area contributed by atoms with Gasteiger partial charge in [-0.3, -0.25) is 10.1 Å². The van der Waals surface area contributed by atoms with Crippen molar-refractivity contribution in [3.63, 3.8) is 0 Å². The second-order valence-electron chi connectivity index (χ2n) is 2.07. The summed E-state index contributed by atoms with van der Waals surface area (Å²) in [4.78, 5) is 9.31. The Morgan fingerprint density at radius 3 is 2.36 bits per heavy atom. The summed E-state index contributed by atoms with van der Waals surface area (Å²) in [7, 11) is 0. The van der Waals surface area contributed by atoms with Crippen molar-refractivity contribution in [3.05, 3.63) is 46.0 Å². The molecule has 58 valence electrons. The van der Waals surface area contributed by atoms with Crippen LogP contribution in [0.15, 0.2) is 30.3 Å². The third kappa shape index (κ3) is 1.75. The minimum absolute atomic E-state index is 0.303. The van der Waals surface area contributed by atoms with Gasteiger partial charge in [0.25, 0.3) is 0 Å². The fraction of sp³-hybridized carbons (Fsp3) is 0.143. The molecule has 1 aromatic rings. The molecule has 0 bridgehead atoms. The van der Waals surface area contributed by atoms with Crippen LogP contribution in [0.1, 0.15) is 11.8 Å². The maximum absolute atomic E-state index is 10.1. The molecule has 0 aliphatic heterocycles. The van der Waals surface area contributed by atoms with E-state index >= 15 is 0 Å². The van der Waals surface area contributed by atoms with Crippen molar-refractivity contribution in [3.8, 4) is 0 Å². The molecule has 0 saturated heterocycles. The van der Waals surface area contributed by atoms with Crippen LogP contribution in [0.5, 0.6) is 0 Å². The smallest absolute Gasteiger partial charge is 0.329 e. The van der Waals surface area contributed by atoms with Crippen molar-refractivity contribution >= 4 is 0 Å². The highest BCUT2D eigenvalue weighted by molar-refractivity contribution is 5.15. The Labute approximate surface area is 63.2 Å². The normalized spacial score (nSPS) is 12.5. The molecule has 4 nitrogen and oxygen atoms in total. The Hall–Kier alpha value is -1.42. The zero-order valence-electron chi connectivity index (χ0n) is 5.68. The molecule has 0 saturated carbocycles. The molecule has 0 aromatic heterocycles. The number of hydrogen-bond donors (Lipinski definition) is 1. The third-order valence-corrected chi connectivity index (χ3v) is 1.30. The van der Waals surface area contributed by atoms with Gasteiger partial charge < -0.3 is 5.11 Å². The molecule has 1 unspecified atom stereocenters. The Bertz CT molecular complexity index is 247. The van der Waals surface area contributed by atoms with E-state index in [-0.39, 0.29) is 0 Å². The molecule has 0 heterocycles. The van der Waals surface area contributed by atoms with Gasteiger partial charge in [-0.2, -0.15) is 0 Å². The van der Waals surface area contributed by atoms with Gasteiger partial charge in [-0.25, -0.2) is 0 Å². The monoisotopic (exact) mass is 153 g/mol. The highest BCUT2D eigenvalue weighted by Crippen LogP contribution is 2.11. The van der Waals surface area contributed by atoms with Gasteiger partial charge in [0.1, 0.15) is 0 Å². The molecule has 1 rings (SSSR count). The predicted molar refractivity (Wildman–Crippen MR) is 38.4 cm³/mol. The quantitative estimate of drug-likeness (QED) is 0.391. The molecular weight excluding hydrogens is 146 g/mol. The van der Waals surface area contributed by atoms with E-state index in [1.807, 2.05) is 0 Å². The van der Waals surface area contributed by atoms with Gasteiger partial charge in [-0.05, 0) is 12.1 Å². The first kappa shape index (κ1) is 7.68. The first-order chi connectivity index (χ1) is 5.22. The Balaban J connectivity index is 2.85. The average Bonchev–Trinajstić information content (AvgIpc) is 2.05. The van der Waals surface area contributed by atoms with Crippen molar-refractivity contribution < 1.29 is 10.0 Å². The Morgan fingerprint density at radius 2 is 1.91 bits per heavy atom. The van der Waals surface area contributed by atoms with E-state index in [0.29, 0.717) is 5.56 Å². The molecule has 0 amide bonds. The topological polar surface area (TPSA) is 63.4 Å². The molecule has 1 N–H and O–H groups in total.